The summed E-state index contributed by atoms with van der Waals surface area (Å²) in [6, 6.07) is 10.9. The fourth-order valence-corrected chi connectivity index (χ4v) is 2.30. The Morgan fingerprint density at radius 1 is 1.35 bits per heavy atom. The molecule has 0 aliphatic carbocycles. The minimum absolute atomic E-state index is 0.131. The maximum Gasteiger partial charge on any atom is 0.325 e. The van der Waals surface area contributed by atoms with Gasteiger partial charge in [-0.05, 0) is 6.26 Å². The summed E-state index contributed by atoms with van der Waals surface area (Å²) < 4.78 is 5.90. The molecule has 1 aromatic carbocycles. The predicted octanol–water partition coefficient (Wildman–Crippen LogP) is 1.81. The molecule has 0 aliphatic heterocycles. The molecule has 0 spiro atoms. The van der Waals surface area contributed by atoms with Crippen LogP contribution in [-0.4, -0.2) is 28.9 Å². The Bertz CT molecular complexity index is 668. The number of carbonyl (C=O) groups is 1. The lowest BCUT2D eigenvalue weighted by molar-refractivity contribution is -0.141. The molecule has 6 heteroatoms. The first-order valence-corrected chi connectivity index (χ1v) is 7.16. The van der Waals surface area contributed by atoms with Gasteiger partial charge in [0.05, 0.1) is 12.8 Å². The largest absolute Gasteiger partial charge is 0.468 e. The number of methoxy groups -OCH3 is 1. The normalized spacial score (nSPS) is 10.3. The zero-order valence-corrected chi connectivity index (χ0v) is 12.0. The van der Waals surface area contributed by atoms with Gasteiger partial charge < -0.3 is 4.74 Å². The molecular formula is C14H14N2O3S. The fourth-order valence-electron chi connectivity index (χ4n) is 1.74. The van der Waals surface area contributed by atoms with Crippen molar-refractivity contribution in [3.05, 3.63) is 46.8 Å². The van der Waals surface area contributed by atoms with E-state index >= 15 is 0 Å². The van der Waals surface area contributed by atoms with Crippen molar-refractivity contribution in [2.24, 2.45) is 0 Å². The molecule has 0 N–H and O–H groups in total. The fraction of sp³-hybridized carbons (Fsp3) is 0.214. The minimum atomic E-state index is -0.475. The van der Waals surface area contributed by atoms with Crippen LogP contribution in [0.25, 0.3) is 11.3 Å². The van der Waals surface area contributed by atoms with Gasteiger partial charge in [-0.15, -0.1) is 0 Å². The summed E-state index contributed by atoms with van der Waals surface area (Å²) in [4.78, 5) is 27.9. The number of thioether (sulfide) groups is 1. The van der Waals surface area contributed by atoms with Gasteiger partial charge >= 0.3 is 5.97 Å². The van der Waals surface area contributed by atoms with Crippen LogP contribution < -0.4 is 5.56 Å². The summed E-state index contributed by atoms with van der Waals surface area (Å²) in [5.74, 6) is -0.475. The number of carbonyl (C=O) groups excluding carboxylic acids is 1. The van der Waals surface area contributed by atoms with Gasteiger partial charge in [0.15, 0.2) is 5.16 Å². The standard InChI is InChI=1S/C14H14N2O3S/c1-19-13(18)9-16-12(17)8-11(15-14(16)20-2)10-6-4-3-5-7-10/h3-8H,9H2,1-2H3. The number of hydrogen-bond donors (Lipinski definition) is 0. The van der Waals surface area contributed by atoms with Gasteiger partial charge in [0.2, 0.25) is 0 Å². The molecule has 0 bridgehead atoms. The van der Waals surface area contributed by atoms with E-state index in [1.165, 1.54) is 29.5 Å². The van der Waals surface area contributed by atoms with Gasteiger partial charge in [-0.3, -0.25) is 14.2 Å². The first kappa shape index (κ1) is 14.3. The third kappa shape index (κ3) is 3.08. The number of aromatic nitrogens is 2. The molecule has 2 rings (SSSR count). The Balaban J connectivity index is 2.48. The molecular weight excluding hydrogens is 276 g/mol. The Morgan fingerprint density at radius 3 is 2.65 bits per heavy atom. The number of benzene rings is 1. The van der Waals surface area contributed by atoms with Crippen LogP contribution in [0.4, 0.5) is 0 Å². The van der Waals surface area contributed by atoms with E-state index in [9.17, 15) is 9.59 Å². The molecule has 0 aliphatic rings. The smallest absolute Gasteiger partial charge is 0.325 e. The summed E-state index contributed by atoms with van der Waals surface area (Å²) in [6.45, 7) is -0.131. The molecule has 0 saturated carbocycles. The maximum absolute atomic E-state index is 12.1. The Labute approximate surface area is 120 Å². The van der Waals surface area contributed by atoms with Gasteiger partial charge in [-0.1, -0.05) is 42.1 Å². The van der Waals surface area contributed by atoms with Crippen LogP contribution in [0.15, 0.2) is 46.3 Å². The van der Waals surface area contributed by atoms with Crippen molar-refractivity contribution in [2.45, 2.75) is 11.7 Å². The number of hydrogen-bond acceptors (Lipinski definition) is 5. The van der Waals surface area contributed by atoms with Crippen LogP contribution >= 0.6 is 11.8 Å². The average molecular weight is 290 g/mol. The maximum atomic E-state index is 12.1. The zero-order valence-electron chi connectivity index (χ0n) is 11.2. The van der Waals surface area contributed by atoms with Crippen LogP contribution in [0.2, 0.25) is 0 Å². The van der Waals surface area contributed by atoms with E-state index in [1.807, 2.05) is 36.6 Å². The molecule has 2 aromatic rings. The number of rotatable bonds is 4. The summed E-state index contributed by atoms with van der Waals surface area (Å²) in [7, 11) is 1.29. The van der Waals surface area contributed by atoms with E-state index in [2.05, 4.69) is 9.72 Å². The van der Waals surface area contributed by atoms with Crippen molar-refractivity contribution in [1.82, 2.24) is 9.55 Å². The molecule has 0 atom stereocenters. The highest BCUT2D eigenvalue weighted by atomic mass is 32.2. The van der Waals surface area contributed by atoms with Gasteiger partial charge in [0.1, 0.15) is 6.54 Å². The average Bonchev–Trinajstić information content (AvgIpc) is 2.49. The number of nitrogens with zero attached hydrogens (tertiary/aromatic N) is 2. The third-order valence-electron chi connectivity index (χ3n) is 2.74. The van der Waals surface area contributed by atoms with Gasteiger partial charge in [0, 0.05) is 11.6 Å². The molecule has 20 heavy (non-hydrogen) atoms. The number of esters is 1. The van der Waals surface area contributed by atoms with Gasteiger partial charge in [-0.25, -0.2) is 4.98 Å². The highest BCUT2D eigenvalue weighted by molar-refractivity contribution is 7.98. The van der Waals surface area contributed by atoms with Gasteiger partial charge in [0.25, 0.3) is 5.56 Å². The predicted molar refractivity (Wildman–Crippen MR) is 77.7 cm³/mol. The lowest BCUT2D eigenvalue weighted by Gasteiger charge is -2.10. The zero-order chi connectivity index (χ0) is 14.5. The Kier molecular flexibility index (Phi) is 4.57. The molecule has 1 aromatic heterocycles. The van der Waals surface area contributed by atoms with E-state index in [1.54, 1.807) is 0 Å². The van der Waals surface area contributed by atoms with Gasteiger partial charge in [-0.2, -0.15) is 0 Å². The second-order valence-corrected chi connectivity index (χ2v) is 4.77. The molecule has 104 valence electrons. The summed E-state index contributed by atoms with van der Waals surface area (Å²) in [5.41, 5.74) is 1.19. The summed E-state index contributed by atoms with van der Waals surface area (Å²) in [6.07, 6.45) is 1.81. The Hall–Kier alpha value is -2.08. The highest BCUT2D eigenvalue weighted by Crippen LogP contribution is 2.18. The number of ether oxygens (including phenoxy) is 1. The third-order valence-corrected chi connectivity index (χ3v) is 3.42. The highest BCUT2D eigenvalue weighted by Gasteiger charge is 2.12. The van der Waals surface area contributed by atoms with Crippen LogP contribution in [0.1, 0.15) is 0 Å². The first-order chi connectivity index (χ1) is 9.65. The summed E-state index contributed by atoms with van der Waals surface area (Å²) >= 11 is 1.31. The SMILES string of the molecule is COC(=O)Cn1c(SC)nc(-c2ccccc2)cc1=O. The van der Waals surface area contributed by atoms with E-state index in [4.69, 9.17) is 0 Å². The van der Waals surface area contributed by atoms with E-state index in [-0.39, 0.29) is 12.1 Å². The lowest BCUT2D eigenvalue weighted by Crippen LogP contribution is -2.27. The monoisotopic (exact) mass is 290 g/mol. The lowest BCUT2D eigenvalue weighted by atomic mass is 10.1. The molecule has 0 amide bonds. The second kappa shape index (κ2) is 6.38. The molecule has 0 radical (unpaired) electrons. The minimum Gasteiger partial charge on any atom is -0.468 e. The Morgan fingerprint density at radius 2 is 2.05 bits per heavy atom. The van der Waals surface area contributed by atoms with Crippen molar-refractivity contribution < 1.29 is 9.53 Å². The molecule has 5 nitrogen and oxygen atoms in total. The summed E-state index contributed by atoms with van der Waals surface area (Å²) in [5, 5.41) is 0.488. The molecule has 1 heterocycles. The first-order valence-electron chi connectivity index (χ1n) is 5.94. The van der Waals surface area contributed by atoms with Crippen LogP contribution in [0, 0.1) is 0 Å². The molecule has 0 unspecified atom stereocenters. The van der Waals surface area contributed by atoms with Crippen molar-refractivity contribution in [2.75, 3.05) is 13.4 Å². The van der Waals surface area contributed by atoms with Crippen LogP contribution in [0.3, 0.4) is 0 Å². The van der Waals surface area contributed by atoms with Crippen molar-refractivity contribution in [3.8, 4) is 11.3 Å². The molecule has 0 saturated heterocycles. The van der Waals surface area contributed by atoms with E-state index in [0.717, 1.165) is 5.56 Å². The van der Waals surface area contributed by atoms with Crippen molar-refractivity contribution >= 4 is 17.7 Å². The van der Waals surface area contributed by atoms with Crippen LogP contribution in [0.5, 0.6) is 0 Å². The van der Waals surface area contributed by atoms with Crippen LogP contribution in [-0.2, 0) is 16.1 Å². The van der Waals surface area contributed by atoms with E-state index < -0.39 is 5.97 Å². The molecule has 0 fully saturated rings. The van der Waals surface area contributed by atoms with Crippen molar-refractivity contribution in [3.63, 3.8) is 0 Å². The quantitative estimate of drug-likeness (QED) is 0.488. The second-order valence-electron chi connectivity index (χ2n) is 3.99. The topological polar surface area (TPSA) is 61.2 Å². The van der Waals surface area contributed by atoms with Crippen molar-refractivity contribution in [1.29, 1.82) is 0 Å². The van der Waals surface area contributed by atoms with E-state index in [0.29, 0.717) is 10.9 Å².